The molecule has 0 saturated heterocycles. The molecule has 0 radical (unpaired) electrons. The van der Waals surface area contributed by atoms with Crippen LogP contribution in [-0.2, 0) is 7.05 Å². The zero-order chi connectivity index (χ0) is 27.9. The Balaban J connectivity index is 1.52. The Hall–Kier alpha value is -5.26. The topological polar surface area (TPSA) is 9.86 Å². The zero-order valence-electron chi connectivity index (χ0n) is 23.7. The zero-order valence-corrected chi connectivity index (χ0v) is 23.7. The molecule has 0 N–H and O–H groups in total. The van der Waals surface area contributed by atoms with Gasteiger partial charge >= 0.3 is 0 Å². The van der Waals surface area contributed by atoms with E-state index in [9.17, 15) is 0 Å². The number of nitrogens with zero attached hydrogens (tertiary/aromatic N) is 2. The highest BCUT2D eigenvalue weighted by Crippen LogP contribution is 2.44. The van der Waals surface area contributed by atoms with Crippen molar-refractivity contribution in [3.63, 3.8) is 0 Å². The average Bonchev–Trinajstić information content (AvgIpc) is 3.51. The van der Waals surface area contributed by atoms with Crippen LogP contribution < -0.4 is 0 Å². The van der Waals surface area contributed by atoms with E-state index >= 15 is 0 Å². The number of hydrogen-bond acceptors (Lipinski definition) is 0. The number of fused-ring (bicyclic) bond motifs is 10. The third-order valence-corrected chi connectivity index (χ3v) is 9.35. The lowest BCUT2D eigenvalue weighted by atomic mass is 9.93. The van der Waals surface area contributed by atoms with E-state index in [1.807, 2.05) is 0 Å². The van der Waals surface area contributed by atoms with Crippen molar-refractivity contribution in [3.05, 3.63) is 132 Å². The molecule has 0 bridgehead atoms. The van der Waals surface area contributed by atoms with Crippen LogP contribution >= 0.6 is 0 Å². The molecule has 42 heavy (non-hydrogen) atoms. The van der Waals surface area contributed by atoms with E-state index in [0.717, 1.165) is 23.6 Å². The molecule has 0 aliphatic heterocycles. The van der Waals surface area contributed by atoms with E-state index in [-0.39, 0.29) is 0 Å². The van der Waals surface area contributed by atoms with Gasteiger partial charge in [-0.25, -0.2) is 0 Å². The van der Waals surface area contributed by atoms with Crippen LogP contribution in [0.3, 0.4) is 0 Å². The number of allylic oxidation sites excluding steroid dienone is 4. The molecule has 8 aromatic rings. The number of benzene rings is 5. The summed E-state index contributed by atoms with van der Waals surface area (Å²) in [5, 5.41) is 9.81. The molecule has 2 heteroatoms. The van der Waals surface area contributed by atoms with Gasteiger partial charge in [0.25, 0.3) is 0 Å². The van der Waals surface area contributed by atoms with Gasteiger partial charge in [0, 0.05) is 56.2 Å². The van der Waals surface area contributed by atoms with Crippen molar-refractivity contribution in [3.8, 4) is 0 Å². The largest absolute Gasteiger partial charge is 0.344 e. The summed E-state index contributed by atoms with van der Waals surface area (Å²) in [6, 6.07) is 42.7. The van der Waals surface area contributed by atoms with E-state index < -0.39 is 0 Å². The van der Waals surface area contributed by atoms with Crippen LogP contribution in [0.1, 0.15) is 24.0 Å². The molecule has 0 amide bonds. The van der Waals surface area contributed by atoms with Gasteiger partial charge in [0.05, 0.1) is 21.9 Å². The first-order valence-corrected chi connectivity index (χ1v) is 14.7. The van der Waals surface area contributed by atoms with Gasteiger partial charge in [0.2, 0.25) is 0 Å². The Labute approximate surface area is 244 Å². The molecule has 2 aromatic heterocycles. The Kier molecular flexibility index (Phi) is 4.81. The highest BCUT2D eigenvalue weighted by molar-refractivity contribution is 6.26. The number of aryl methyl sites for hydroxylation is 2. The van der Waals surface area contributed by atoms with Crippen molar-refractivity contribution in [1.82, 2.24) is 9.13 Å². The maximum absolute atomic E-state index is 3.63. The highest BCUT2D eigenvalue weighted by atomic mass is 15.0. The molecule has 198 valence electrons. The minimum Gasteiger partial charge on any atom is -0.344 e. The summed E-state index contributed by atoms with van der Waals surface area (Å²) in [4.78, 5) is 0. The summed E-state index contributed by atoms with van der Waals surface area (Å²) in [7, 11) is 2.19. The highest BCUT2D eigenvalue weighted by Gasteiger charge is 2.23. The fraction of sp³-hybridized carbons (Fsp3) is 0.100. The summed E-state index contributed by atoms with van der Waals surface area (Å²) in [5.41, 5.74) is 10.2. The van der Waals surface area contributed by atoms with Gasteiger partial charge in [-0.15, -0.1) is 0 Å². The SMILES string of the molecule is Cc1ccccc1C1=C(n2c3cc4c(cc3c3ccc5c(c#cc6ccccc65)c32)c2ccccc2n4C)CCC=C1. The van der Waals surface area contributed by atoms with Crippen LogP contribution in [0.4, 0.5) is 0 Å². The van der Waals surface area contributed by atoms with Crippen molar-refractivity contribution in [2.75, 3.05) is 0 Å². The summed E-state index contributed by atoms with van der Waals surface area (Å²) in [6.07, 6.45) is 6.66. The molecule has 1 aliphatic carbocycles. The molecule has 0 spiro atoms. The molecule has 0 fully saturated rings. The fourth-order valence-corrected chi connectivity index (χ4v) is 7.35. The van der Waals surface area contributed by atoms with Crippen LogP contribution in [0, 0.1) is 19.1 Å². The van der Waals surface area contributed by atoms with Crippen molar-refractivity contribution in [2.24, 2.45) is 7.05 Å². The van der Waals surface area contributed by atoms with Gasteiger partial charge in [-0.3, -0.25) is 0 Å². The summed E-state index contributed by atoms with van der Waals surface area (Å²) in [6.45, 7) is 2.22. The van der Waals surface area contributed by atoms with Crippen molar-refractivity contribution in [2.45, 2.75) is 19.8 Å². The summed E-state index contributed by atoms with van der Waals surface area (Å²) >= 11 is 0. The number of hydrogen-bond donors (Lipinski definition) is 0. The second kappa shape index (κ2) is 8.62. The lowest BCUT2D eigenvalue weighted by Crippen LogP contribution is -2.04. The summed E-state index contributed by atoms with van der Waals surface area (Å²) < 4.78 is 4.91. The molecule has 6 aromatic carbocycles. The molecule has 2 nitrogen and oxygen atoms in total. The second-order valence-corrected chi connectivity index (χ2v) is 11.6. The van der Waals surface area contributed by atoms with Crippen LogP contribution in [0.15, 0.2) is 109 Å². The first-order valence-electron chi connectivity index (χ1n) is 14.7. The van der Waals surface area contributed by atoms with Gasteiger partial charge in [0.15, 0.2) is 0 Å². The Morgan fingerprint density at radius 2 is 1.40 bits per heavy atom. The average molecular weight is 537 g/mol. The van der Waals surface area contributed by atoms with E-state index in [1.165, 1.54) is 76.8 Å². The molecule has 0 unspecified atom stereocenters. The number of para-hydroxylation sites is 1. The normalized spacial score (nSPS) is 13.9. The predicted octanol–water partition coefficient (Wildman–Crippen LogP) is 10.4. The van der Waals surface area contributed by atoms with E-state index in [1.54, 1.807) is 0 Å². The van der Waals surface area contributed by atoms with E-state index in [4.69, 9.17) is 0 Å². The maximum Gasteiger partial charge on any atom is 0.0701 e. The van der Waals surface area contributed by atoms with E-state index in [0.29, 0.717) is 0 Å². The van der Waals surface area contributed by atoms with Crippen LogP contribution in [-0.4, -0.2) is 9.13 Å². The smallest absolute Gasteiger partial charge is 0.0701 e. The second-order valence-electron chi connectivity index (χ2n) is 11.6. The van der Waals surface area contributed by atoms with Crippen LogP contribution in [0.2, 0.25) is 0 Å². The molecular formula is C40H28N2. The van der Waals surface area contributed by atoms with Crippen molar-refractivity contribution >= 4 is 76.4 Å². The minimum absolute atomic E-state index is 0.972. The Morgan fingerprint density at radius 1 is 0.643 bits per heavy atom. The summed E-state index contributed by atoms with van der Waals surface area (Å²) in [5.74, 6) is 0. The number of rotatable bonds is 2. The third kappa shape index (κ3) is 3.11. The molecular weight excluding hydrogens is 508 g/mol. The third-order valence-electron chi connectivity index (χ3n) is 9.35. The molecule has 0 atom stereocenters. The van der Waals surface area contributed by atoms with Crippen molar-refractivity contribution in [1.29, 1.82) is 0 Å². The van der Waals surface area contributed by atoms with Gasteiger partial charge < -0.3 is 9.13 Å². The molecule has 9 rings (SSSR count). The van der Waals surface area contributed by atoms with Gasteiger partial charge in [-0.2, -0.15) is 0 Å². The van der Waals surface area contributed by atoms with Gasteiger partial charge in [0.1, 0.15) is 0 Å². The minimum atomic E-state index is 0.972. The first-order chi connectivity index (χ1) is 20.7. The monoisotopic (exact) mass is 536 g/mol. The fourth-order valence-electron chi connectivity index (χ4n) is 7.35. The standard InChI is InChI=1S/C40H28N2/c1-25-11-3-5-13-27(25)30-15-8-10-18-37(30)42-39-24-38-34(31-16-7-9-17-36(31)41(38)2)23-35(39)33-22-21-29-28-14-6-4-12-26(28)19-20-32(29)40(33)42/h3-9,11-17,21-24H,10,18H2,1-2H3. The van der Waals surface area contributed by atoms with Gasteiger partial charge in [-0.1, -0.05) is 97.1 Å². The Bertz CT molecular complexity index is 2480. The molecule has 1 aliphatic rings. The van der Waals surface area contributed by atoms with Crippen LogP contribution in [0.25, 0.3) is 76.4 Å². The predicted molar refractivity (Wildman–Crippen MR) is 179 cm³/mol. The van der Waals surface area contributed by atoms with E-state index in [2.05, 4.69) is 144 Å². The van der Waals surface area contributed by atoms with Crippen molar-refractivity contribution < 1.29 is 0 Å². The first kappa shape index (κ1) is 23.4. The molecule has 2 heterocycles. The lowest BCUT2D eigenvalue weighted by molar-refractivity contribution is 0.983. The van der Waals surface area contributed by atoms with Gasteiger partial charge in [-0.05, 0) is 60.5 Å². The lowest BCUT2D eigenvalue weighted by Gasteiger charge is -2.21. The quantitative estimate of drug-likeness (QED) is 0.208. The number of aromatic nitrogens is 2. The van der Waals surface area contributed by atoms with Crippen LogP contribution in [0.5, 0.6) is 0 Å². The molecule has 0 saturated carbocycles. The maximum atomic E-state index is 3.63. The Morgan fingerprint density at radius 3 is 2.31 bits per heavy atom.